The van der Waals surface area contributed by atoms with Crippen molar-refractivity contribution in [3.8, 4) is 0 Å². The van der Waals surface area contributed by atoms with Crippen LogP contribution in [0.4, 0.5) is 0 Å². The van der Waals surface area contributed by atoms with Crippen LogP contribution in [0.2, 0.25) is 0 Å². The number of hydrogen-bond donors (Lipinski definition) is 2. The number of amides is 2. The average Bonchev–Trinajstić information content (AvgIpc) is 2.71. The summed E-state index contributed by atoms with van der Waals surface area (Å²) in [5, 5.41) is 3.36. The van der Waals surface area contributed by atoms with E-state index >= 15 is 0 Å². The molecule has 0 aliphatic rings. The quantitative estimate of drug-likeness (QED) is 0.629. The van der Waals surface area contributed by atoms with Crippen molar-refractivity contribution >= 4 is 32.6 Å². The fraction of sp³-hybridized carbons (Fsp3) is 0.150. The number of benzene rings is 2. The molecule has 28 heavy (non-hydrogen) atoms. The van der Waals surface area contributed by atoms with Crippen molar-refractivity contribution in [3.63, 3.8) is 0 Å². The number of nitrogens with one attached hydrogen (secondary N) is 1. The zero-order chi connectivity index (χ0) is 20.1. The average molecular weight is 397 g/mol. The lowest BCUT2D eigenvalue weighted by molar-refractivity contribution is -0.119. The van der Waals surface area contributed by atoms with Crippen molar-refractivity contribution in [3.05, 3.63) is 72.4 Å². The number of para-hydroxylation sites is 1. The molecule has 7 nitrogen and oxygen atoms in total. The normalized spacial score (nSPS) is 12.4. The molecule has 1 aromatic heterocycles. The van der Waals surface area contributed by atoms with Gasteiger partial charge in [0.1, 0.15) is 11.7 Å². The standard InChI is InChI=1S/C20H19N3O4S/c21-19(24)17(12-13-28(26,27)15-7-2-1-3-8-15)23-20(25)18-11-10-14-6-4-5-9-16(14)22-18/h1-11,17H,12-13H2,(H2,21,24)(H,23,25)/t17-/m0/s1. The molecule has 3 aromatic rings. The predicted molar refractivity (Wildman–Crippen MR) is 105 cm³/mol. The van der Waals surface area contributed by atoms with Gasteiger partial charge in [0.05, 0.1) is 16.2 Å². The molecule has 8 heteroatoms. The molecule has 1 atom stereocenters. The van der Waals surface area contributed by atoms with Gasteiger partial charge in [-0.1, -0.05) is 42.5 Å². The smallest absolute Gasteiger partial charge is 0.270 e. The molecule has 3 N–H and O–H groups in total. The van der Waals surface area contributed by atoms with E-state index < -0.39 is 27.7 Å². The number of pyridine rings is 1. The summed E-state index contributed by atoms with van der Waals surface area (Å²) in [6.45, 7) is 0. The Morgan fingerprint density at radius 3 is 2.36 bits per heavy atom. The third-order valence-electron chi connectivity index (χ3n) is 4.26. The van der Waals surface area contributed by atoms with Crippen LogP contribution < -0.4 is 11.1 Å². The summed E-state index contributed by atoms with van der Waals surface area (Å²) in [5.74, 6) is -1.72. The second kappa shape index (κ2) is 8.18. The summed E-state index contributed by atoms with van der Waals surface area (Å²) in [5.41, 5.74) is 6.11. The molecule has 1 heterocycles. The molecule has 0 saturated carbocycles. The fourth-order valence-electron chi connectivity index (χ4n) is 2.73. The number of carbonyl (C=O) groups excluding carboxylic acids is 2. The second-order valence-corrected chi connectivity index (χ2v) is 8.35. The second-order valence-electron chi connectivity index (χ2n) is 6.24. The highest BCUT2D eigenvalue weighted by molar-refractivity contribution is 7.91. The van der Waals surface area contributed by atoms with Crippen molar-refractivity contribution in [1.29, 1.82) is 0 Å². The van der Waals surface area contributed by atoms with E-state index in [9.17, 15) is 18.0 Å². The van der Waals surface area contributed by atoms with Gasteiger partial charge in [-0.05, 0) is 30.7 Å². The summed E-state index contributed by atoms with van der Waals surface area (Å²) in [4.78, 5) is 28.6. The molecule has 0 unspecified atom stereocenters. The molecule has 0 fully saturated rings. The van der Waals surface area contributed by atoms with Gasteiger partial charge in [-0.2, -0.15) is 0 Å². The largest absolute Gasteiger partial charge is 0.368 e. The first-order chi connectivity index (χ1) is 13.4. The van der Waals surface area contributed by atoms with Crippen LogP contribution in [0.15, 0.2) is 71.6 Å². The van der Waals surface area contributed by atoms with E-state index in [-0.39, 0.29) is 22.8 Å². The van der Waals surface area contributed by atoms with Crippen molar-refractivity contribution in [2.45, 2.75) is 17.4 Å². The molecule has 0 aliphatic carbocycles. The molecule has 0 bridgehead atoms. The Morgan fingerprint density at radius 2 is 1.64 bits per heavy atom. The molecule has 0 saturated heterocycles. The molecular formula is C20H19N3O4S. The molecule has 0 spiro atoms. The number of nitrogens with zero attached hydrogens (tertiary/aromatic N) is 1. The summed E-state index contributed by atoms with van der Waals surface area (Å²) in [6.07, 6.45) is -0.133. The minimum absolute atomic E-state index is 0.121. The van der Waals surface area contributed by atoms with E-state index in [0.717, 1.165) is 5.39 Å². The Hall–Kier alpha value is -3.26. The van der Waals surface area contributed by atoms with Crippen molar-refractivity contribution in [1.82, 2.24) is 10.3 Å². The van der Waals surface area contributed by atoms with Gasteiger partial charge in [0.25, 0.3) is 5.91 Å². The van der Waals surface area contributed by atoms with Gasteiger partial charge >= 0.3 is 0 Å². The Balaban J connectivity index is 1.71. The lowest BCUT2D eigenvalue weighted by Gasteiger charge is -2.15. The number of fused-ring (bicyclic) bond motifs is 1. The number of aromatic nitrogens is 1. The van der Waals surface area contributed by atoms with E-state index in [1.807, 2.05) is 12.1 Å². The summed E-state index contributed by atoms with van der Waals surface area (Å²) in [6, 6.07) is 17.4. The van der Waals surface area contributed by atoms with Crippen LogP contribution in [0.25, 0.3) is 10.9 Å². The third kappa shape index (κ3) is 4.52. The highest BCUT2D eigenvalue weighted by Crippen LogP contribution is 2.14. The minimum Gasteiger partial charge on any atom is -0.368 e. The van der Waals surface area contributed by atoms with Crippen molar-refractivity contribution in [2.75, 3.05) is 5.75 Å². The summed E-state index contributed by atoms with van der Waals surface area (Å²) < 4.78 is 24.8. The Bertz CT molecular complexity index is 1110. The van der Waals surface area contributed by atoms with Gasteiger partial charge in [-0.3, -0.25) is 9.59 Å². The zero-order valence-corrected chi connectivity index (χ0v) is 15.7. The van der Waals surface area contributed by atoms with Crippen LogP contribution in [0.5, 0.6) is 0 Å². The van der Waals surface area contributed by atoms with E-state index in [4.69, 9.17) is 5.73 Å². The first-order valence-corrected chi connectivity index (χ1v) is 10.3. The number of nitrogens with two attached hydrogens (primary N) is 1. The fourth-order valence-corrected chi connectivity index (χ4v) is 4.08. The van der Waals surface area contributed by atoms with Gasteiger partial charge < -0.3 is 11.1 Å². The Kier molecular flexibility index (Phi) is 5.70. The van der Waals surface area contributed by atoms with Crippen molar-refractivity contribution < 1.29 is 18.0 Å². The first kappa shape index (κ1) is 19.5. The Morgan fingerprint density at radius 1 is 0.964 bits per heavy atom. The van der Waals surface area contributed by atoms with Crippen LogP contribution in [-0.4, -0.2) is 37.0 Å². The monoisotopic (exact) mass is 397 g/mol. The number of carbonyl (C=O) groups is 2. The van der Waals surface area contributed by atoms with Gasteiger partial charge in [-0.15, -0.1) is 0 Å². The maximum Gasteiger partial charge on any atom is 0.270 e. The summed E-state index contributed by atoms with van der Waals surface area (Å²) >= 11 is 0. The van der Waals surface area contributed by atoms with Crippen LogP contribution in [-0.2, 0) is 14.6 Å². The van der Waals surface area contributed by atoms with Crippen LogP contribution in [0, 0.1) is 0 Å². The van der Waals surface area contributed by atoms with E-state index in [1.54, 1.807) is 36.4 Å². The highest BCUT2D eigenvalue weighted by atomic mass is 32.2. The van der Waals surface area contributed by atoms with Gasteiger partial charge in [-0.25, -0.2) is 13.4 Å². The van der Waals surface area contributed by atoms with Gasteiger partial charge in [0.2, 0.25) is 5.91 Å². The topological polar surface area (TPSA) is 119 Å². The number of sulfone groups is 1. The molecule has 3 rings (SSSR count). The maximum atomic E-state index is 12.5. The number of hydrogen-bond acceptors (Lipinski definition) is 5. The lowest BCUT2D eigenvalue weighted by atomic mass is 10.2. The lowest BCUT2D eigenvalue weighted by Crippen LogP contribution is -2.45. The highest BCUT2D eigenvalue weighted by Gasteiger charge is 2.23. The summed E-state index contributed by atoms with van der Waals surface area (Å²) in [7, 11) is -3.59. The van der Waals surface area contributed by atoms with E-state index in [2.05, 4.69) is 10.3 Å². The first-order valence-electron chi connectivity index (χ1n) is 8.60. The molecule has 0 aliphatic heterocycles. The predicted octanol–water partition coefficient (Wildman–Crippen LogP) is 1.68. The Labute approximate surface area is 162 Å². The van der Waals surface area contributed by atoms with E-state index in [0.29, 0.717) is 5.52 Å². The molecule has 2 amide bonds. The number of primary amides is 1. The van der Waals surface area contributed by atoms with E-state index in [1.165, 1.54) is 18.2 Å². The third-order valence-corrected chi connectivity index (χ3v) is 6.02. The van der Waals surface area contributed by atoms with Crippen molar-refractivity contribution in [2.24, 2.45) is 5.73 Å². The minimum atomic E-state index is -3.59. The molecular weight excluding hydrogens is 378 g/mol. The van der Waals surface area contributed by atoms with Gasteiger partial charge in [0.15, 0.2) is 9.84 Å². The SMILES string of the molecule is NC(=O)[C@H](CCS(=O)(=O)c1ccccc1)NC(=O)c1ccc2ccccc2n1. The molecule has 0 radical (unpaired) electrons. The molecule has 2 aromatic carbocycles. The zero-order valence-electron chi connectivity index (χ0n) is 14.9. The maximum absolute atomic E-state index is 12.5. The number of rotatable bonds is 7. The van der Waals surface area contributed by atoms with Crippen LogP contribution in [0.1, 0.15) is 16.9 Å². The molecule has 144 valence electrons. The van der Waals surface area contributed by atoms with Crippen LogP contribution in [0.3, 0.4) is 0 Å². The van der Waals surface area contributed by atoms with Crippen LogP contribution >= 0.6 is 0 Å². The van der Waals surface area contributed by atoms with Gasteiger partial charge in [0, 0.05) is 5.39 Å².